The number of Topliss-reactive ketones (excluding diaryl/α,β-unsaturated/α-hetero) is 2. The van der Waals surface area contributed by atoms with Crippen molar-refractivity contribution in [1.29, 1.82) is 0 Å². The van der Waals surface area contributed by atoms with Crippen molar-refractivity contribution in [3.8, 4) is 0 Å². The second kappa shape index (κ2) is 4.70. The first-order valence-corrected chi connectivity index (χ1v) is 4.69. The minimum absolute atomic E-state index is 0.0419. The molecule has 2 nitrogen and oxygen atoms in total. The van der Waals surface area contributed by atoms with Gasteiger partial charge in [0.05, 0.1) is 0 Å². The topological polar surface area (TPSA) is 34.1 Å². The standard InChI is InChI=1S/C12H14O2/c1-9-3-6-11(7-4-9)12(14)8-5-10(2)13/h3-4,6-7H,5,8H2,1-2H3. The van der Waals surface area contributed by atoms with E-state index in [1.54, 1.807) is 12.1 Å². The molecule has 74 valence electrons. The molecule has 2 heteroatoms. The zero-order valence-corrected chi connectivity index (χ0v) is 8.54. The van der Waals surface area contributed by atoms with Gasteiger partial charge in [0, 0.05) is 18.4 Å². The minimum Gasteiger partial charge on any atom is -0.300 e. The van der Waals surface area contributed by atoms with Crippen LogP contribution in [0, 0.1) is 6.92 Å². The summed E-state index contributed by atoms with van der Waals surface area (Å²) in [5, 5.41) is 0. The molecular formula is C12H14O2. The highest BCUT2D eigenvalue weighted by molar-refractivity contribution is 5.97. The summed E-state index contributed by atoms with van der Waals surface area (Å²) >= 11 is 0. The third-order valence-corrected chi connectivity index (χ3v) is 2.08. The van der Waals surface area contributed by atoms with E-state index >= 15 is 0 Å². The molecule has 0 aliphatic heterocycles. The van der Waals surface area contributed by atoms with Crippen LogP contribution in [0.15, 0.2) is 24.3 Å². The number of benzene rings is 1. The van der Waals surface area contributed by atoms with Crippen molar-refractivity contribution in [2.24, 2.45) is 0 Å². The van der Waals surface area contributed by atoms with Crippen molar-refractivity contribution in [2.45, 2.75) is 26.7 Å². The van der Waals surface area contributed by atoms with Gasteiger partial charge >= 0.3 is 0 Å². The van der Waals surface area contributed by atoms with E-state index in [-0.39, 0.29) is 11.6 Å². The summed E-state index contributed by atoms with van der Waals surface area (Å²) in [7, 11) is 0. The normalized spacial score (nSPS) is 9.86. The number of hydrogen-bond acceptors (Lipinski definition) is 2. The molecule has 0 heterocycles. The molecular weight excluding hydrogens is 176 g/mol. The van der Waals surface area contributed by atoms with Crippen molar-refractivity contribution < 1.29 is 9.59 Å². The van der Waals surface area contributed by atoms with Gasteiger partial charge in [-0.3, -0.25) is 4.79 Å². The largest absolute Gasteiger partial charge is 0.300 e. The molecule has 0 saturated heterocycles. The van der Waals surface area contributed by atoms with Gasteiger partial charge in [-0.15, -0.1) is 0 Å². The average molecular weight is 190 g/mol. The molecule has 1 rings (SSSR count). The number of carbonyl (C=O) groups excluding carboxylic acids is 2. The Kier molecular flexibility index (Phi) is 3.57. The van der Waals surface area contributed by atoms with Gasteiger partial charge in [0.1, 0.15) is 5.78 Å². The second-order valence-corrected chi connectivity index (χ2v) is 3.49. The molecule has 0 amide bonds. The van der Waals surface area contributed by atoms with E-state index < -0.39 is 0 Å². The molecule has 0 aliphatic carbocycles. The number of ketones is 2. The first-order valence-electron chi connectivity index (χ1n) is 4.69. The lowest BCUT2D eigenvalue weighted by Crippen LogP contribution is -2.01. The van der Waals surface area contributed by atoms with E-state index in [4.69, 9.17) is 0 Å². The SMILES string of the molecule is CC(=O)CCC(=O)c1ccc(C)cc1. The van der Waals surface area contributed by atoms with Gasteiger partial charge in [-0.25, -0.2) is 0 Å². The van der Waals surface area contributed by atoms with Crippen molar-refractivity contribution >= 4 is 11.6 Å². The van der Waals surface area contributed by atoms with E-state index in [9.17, 15) is 9.59 Å². The van der Waals surface area contributed by atoms with Crippen LogP contribution in [0.25, 0.3) is 0 Å². The van der Waals surface area contributed by atoms with Crippen LogP contribution in [0.3, 0.4) is 0 Å². The van der Waals surface area contributed by atoms with Crippen LogP contribution in [-0.2, 0) is 4.79 Å². The number of aryl methyl sites for hydroxylation is 1. The summed E-state index contributed by atoms with van der Waals surface area (Å²) in [6, 6.07) is 7.41. The van der Waals surface area contributed by atoms with Gasteiger partial charge in [0.2, 0.25) is 0 Å². The molecule has 0 N–H and O–H groups in total. The minimum atomic E-state index is 0.0419. The molecule has 0 unspecified atom stereocenters. The lowest BCUT2D eigenvalue weighted by atomic mass is 10.0. The van der Waals surface area contributed by atoms with Crippen LogP contribution < -0.4 is 0 Å². The molecule has 0 radical (unpaired) electrons. The van der Waals surface area contributed by atoms with Crippen molar-refractivity contribution in [2.75, 3.05) is 0 Å². The van der Waals surface area contributed by atoms with Crippen LogP contribution in [0.1, 0.15) is 35.7 Å². The highest BCUT2D eigenvalue weighted by Crippen LogP contribution is 2.07. The number of carbonyl (C=O) groups is 2. The highest BCUT2D eigenvalue weighted by Gasteiger charge is 2.06. The quantitative estimate of drug-likeness (QED) is 0.684. The second-order valence-electron chi connectivity index (χ2n) is 3.49. The Labute approximate surface area is 83.9 Å². The zero-order chi connectivity index (χ0) is 10.6. The van der Waals surface area contributed by atoms with E-state index in [0.717, 1.165) is 5.56 Å². The molecule has 0 bridgehead atoms. The monoisotopic (exact) mass is 190 g/mol. The summed E-state index contributed by atoms with van der Waals surface area (Å²) in [6.45, 7) is 3.48. The lowest BCUT2D eigenvalue weighted by Gasteiger charge is -1.99. The molecule has 0 fully saturated rings. The molecule has 0 saturated carbocycles. The third-order valence-electron chi connectivity index (χ3n) is 2.08. The van der Waals surface area contributed by atoms with Crippen molar-refractivity contribution in [3.05, 3.63) is 35.4 Å². The average Bonchev–Trinajstić information content (AvgIpc) is 2.15. The van der Waals surface area contributed by atoms with E-state index in [0.29, 0.717) is 18.4 Å². The van der Waals surface area contributed by atoms with Crippen molar-refractivity contribution in [3.63, 3.8) is 0 Å². The molecule has 0 aromatic heterocycles. The summed E-state index contributed by atoms with van der Waals surface area (Å²) < 4.78 is 0. The molecule has 1 aromatic carbocycles. The fourth-order valence-electron chi connectivity index (χ4n) is 1.17. The first-order chi connectivity index (χ1) is 6.59. The Morgan fingerprint density at radius 1 is 1.07 bits per heavy atom. The van der Waals surface area contributed by atoms with E-state index in [1.807, 2.05) is 19.1 Å². The number of hydrogen-bond donors (Lipinski definition) is 0. The Hall–Kier alpha value is -1.44. The maximum Gasteiger partial charge on any atom is 0.163 e. The summed E-state index contributed by atoms with van der Waals surface area (Å²) in [4.78, 5) is 22.2. The summed E-state index contributed by atoms with van der Waals surface area (Å²) in [5.74, 6) is 0.102. The fourth-order valence-corrected chi connectivity index (χ4v) is 1.17. The van der Waals surface area contributed by atoms with E-state index in [1.165, 1.54) is 6.92 Å². The highest BCUT2D eigenvalue weighted by atomic mass is 16.1. The predicted molar refractivity (Wildman–Crippen MR) is 55.4 cm³/mol. The maximum atomic E-state index is 11.5. The molecule has 0 aliphatic rings. The number of rotatable bonds is 4. The molecule has 0 atom stereocenters. The van der Waals surface area contributed by atoms with Crippen LogP contribution in [0.2, 0.25) is 0 Å². The Bertz CT molecular complexity index is 336. The first kappa shape index (κ1) is 10.6. The Morgan fingerprint density at radius 2 is 1.64 bits per heavy atom. The van der Waals surface area contributed by atoms with Crippen LogP contribution in [0.4, 0.5) is 0 Å². The molecule has 14 heavy (non-hydrogen) atoms. The van der Waals surface area contributed by atoms with Gasteiger partial charge in [0.15, 0.2) is 5.78 Å². The van der Waals surface area contributed by atoms with Crippen LogP contribution in [-0.4, -0.2) is 11.6 Å². The van der Waals surface area contributed by atoms with Gasteiger partial charge in [0.25, 0.3) is 0 Å². The summed E-state index contributed by atoms with van der Waals surface area (Å²) in [5.41, 5.74) is 1.82. The molecule has 0 spiro atoms. The summed E-state index contributed by atoms with van der Waals surface area (Å²) in [6.07, 6.45) is 0.658. The van der Waals surface area contributed by atoms with Gasteiger partial charge in [-0.05, 0) is 13.8 Å². The van der Waals surface area contributed by atoms with Crippen LogP contribution >= 0.6 is 0 Å². The Balaban J connectivity index is 2.61. The van der Waals surface area contributed by atoms with Crippen LogP contribution in [0.5, 0.6) is 0 Å². The fraction of sp³-hybridized carbons (Fsp3) is 0.333. The smallest absolute Gasteiger partial charge is 0.163 e. The van der Waals surface area contributed by atoms with E-state index in [2.05, 4.69) is 0 Å². The van der Waals surface area contributed by atoms with Crippen molar-refractivity contribution in [1.82, 2.24) is 0 Å². The zero-order valence-electron chi connectivity index (χ0n) is 8.54. The van der Waals surface area contributed by atoms with Gasteiger partial charge in [-0.2, -0.15) is 0 Å². The Morgan fingerprint density at radius 3 is 2.14 bits per heavy atom. The lowest BCUT2D eigenvalue weighted by molar-refractivity contribution is -0.116. The molecule has 1 aromatic rings. The van der Waals surface area contributed by atoms with Gasteiger partial charge in [-0.1, -0.05) is 29.8 Å². The third kappa shape index (κ3) is 3.13. The maximum absolute atomic E-state index is 11.5. The van der Waals surface area contributed by atoms with Gasteiger partial charge < -0.3 is 4.79 Å². The predicted octanol–water partition coefficient (Wildman–Crippen LogP) is 2.55.